The number of aromatic hydroxyl groups is 2. The van der Waals surface area contributed by atoms with Crippen molar-refractivity contribution in [3.05, 3.63) is 89.5 Å². The summed E-state index contributed by atoms with van der Waals surface area (Å²) in [5, 5.41) is 19.9. The molecular formula is C24H25N3O2. The third-order valence-electron chi connectivity index (χ3n) is 4.62. The molecule has 5 heteroatoms. The van der Waals surface area contributed by atoms with Crippen LogP contribution in [0.3, 0.4) is 0 Å². The Morgan fingerprint density at radius 2 is 1.38 bits per heavy atom. The fourth-order valence-corrected chi connectivity index (χ4v) is 2.98. The van der Waals surface area contributed by atoms with E-state index in [1.165, 1.54) is 0 Å². The highest BCUT2D eigenvalue weighted by molar-refractivity contribution is 5.84. The number of phenols is 2. The molecule has 4 N–H and O–H groups in total. The zero-order valence-electron chi connectivity index (χ0n) is 16.4. The second-order valence-electron chi connectivity index (χ2n) is 7.26. The lowest BCUT2D eigenvalue weighted by molar-refractivity contribution is 0.471. The van der Waals surface area contributed by atoms with E-state index in [0.29, 0.717) is 29.8 Å². The van der Waals surface area contributed by atoms with E-state index in [2.05, 4.69) is 4.99 Å². The van der Waals surface area contributed by atoms with Crippen molar-refractivity contribution in [1.82, 2.24) is 0 Å². The molecule has 0 radical (unpaired) electrons. The highest BCUT2D eigenvalue weighted by atomic mass is 16.3. The molecule has 0 fully saturated rings. The number of nitrogens with two attached hydrogens (primary N) is 1. The number of nitrogens with zero attached hydrogens (tertiary/aromatic N) is 2. The van der Waals surface area contributed by atoms with Gasteiger partial charge in [0, 0.05) is 29.2 Å². The van der Waals surface area contributed by atoms with Gasteiger partial charge in [-0.25, -0.2) is 0 Å². The van der Waals surface area contributed by atoms with Gasteiger partial charge in [0.1, 0.15) is 11.5 Å². The zero-order chi connectivity index (χ0) is 20.7. The number of nitrogen functional groups attached to an aromatic ring is 1. The molecule has 1 unspecified atom stereocenters. The lowest BCUT2D eigenvalue weighted by Gasteiger charge is -2.23. The number of benzene rings is 3. The Kier molecular flexibility index (Phi) is 6.29. The first kappa shape index (κ1) is 20.1. The summed E-state index contributed by atoms with van der Waals surface area (Å²) >= 11 is 0. The largest absolute Gasteiger partial charge is 0.507 e. The first-order valence-electron chi connectivity index (χ1n) is 9.41. The zero-order valence-corrected chi connectivity index (χ0v) is 16.4. The maximum absolute atomic E-state index is 10.0. The maximum atomic E-state index is 10.0. The number of anilines is 1. The molecule has 1 atom stereocenters. The van der Waals surface area contributed by atoms with Crippen LogP contribution in [0.2, 0.25) is 0 Å². The van der Waals surface area contributed by atoms with E-state index >= 15 is 0 Å². The molecule has 3 aromatic rings. The average molecular weight is 387 g/mol. The van der Waals surface area contributed by atoms with Crippen LogP contribution < -0.4 is 5.73 Å². The summed E-state index contributed by atoms with van der Waals surface area (Å²) in [5.74, 6) is 0.373. The molecule has 0 amide bonds. The molecule has 0 aliphatic carbocycles. The van der Waals surface area contributed by atoms with E-state index in [4.69, 9.17) is 10.7 Å². The van der Waals surface area contributed by atoms with Crippen molar-refractivity contribution in [2.24, 2.45) is 9.98 Å². The summed E-state index contributed by atoms with van der Waals surface area (Å²) < 4.78 is 0. The number of hydrogen-bond donors (Lipinski definition) is 3. The maximum Gasteiger partial charge on any atom is 0.124 e. The summed E-state index contributed by atoms with van der Waals surface area (Å²) in [6, 6.07) is 21.8. The van der Waals surface area contributed by atoms with Crippen LogP contribution in [-0.4, -0.2) is 34.7 Å². The van der Waals surface area contributed by atoms with Crippen LogP contribution in [0.15, 0.2) is 82.8 Å². The van der Waals surface area contributed by atoms with Gasteiger partial charge in [0.25, 0.3) is 0 Å². The predicted octanol–water partition coefficient (Wildman–Crippen LogP) is 4.22. The van der Waals surface area contributed by atoms with E-state index in [-0.39, 0.29) is 11.5 Å². The van der Waals surface area contributed by atoms with Gasteiger partial charge in [0.05, 0.1) is 12.1 Å². The minimum atomic E-state index is -0.542. The molecule has 5 nitrogen and oxygen atoms in total. The number of aliphatic imine (C=N–C) groups is 2. The fraction of sp³-hybridized carbons (Fsp3) is 0.167. The lowest BCUT2D eigenvalue weighted by atomic mass is 9.93. The molecule has 0 aliphatic rings. The molecule has 148 valence electrons. The van der Waals surface area contributed by atoms with Crippen molar-refractivity contribution in [1.29, 1.82) is 0 Å². The number of phenolic OH excluding ortho intramolecular Hbond substituents is 2. The second-order valence-corrected chi connectivity index (χ2v) is 7.26. The van der Waals surface area contributed by atoms with Gasteiger partial charge in [0.15, 0.2) is 0 Å². The van der Waals surface area contributed by atoms with Crippen molar-refractivity contribution >= 4 is 18.1 Å². The first-order valence-corrected chi connectivity index (χ1v) is 9.41. The van der Waals surface area contributed by atoms with Gasteiger partial charge < -0.3 is 15.9 Å². The lowest BCUT2D eigenvalue weighted by Crippen LogP contribution is -2.29. The van der Waals surface area contributed by atoms with E-state index in [0.717, 1.165) is 5.56 Å². The van der Waals surface area contributed by atoms with Crippen LogP contribution in [0.1, 0.15) is 23.6 Å². The van der Waals surface area contributed by atoms with Crippen molar-refractivity contribution in [2.45, 2.75) is 18.9 Å². The molecule has 0 spiro atoms. The standard InChI is InChI=1S/C24H25N3O2/c1-24(14-18-10-12-21(25)13-11-18,27-16-20-7-3-5-9-23(20)29)17-26-15-19-6-2-4-8-22(19)28/h2-13,15-16,28-29H,14,17,25H2,1H3. The third kappa shape index (κ3) is 5.69. The van der Waals surface area contributed by atoms with E-state index in [1.54, 1.807) is 42.8 Å². The highest BCUT2D eigenvalue weighted by Crippen LogP contribution is 2.22. The predicted molar refractivity (Wildman–Crippen MR) is 119 cm³/mol. The van der Waals surface area contributed by atoms with Gasteiger partial charge in [-0.3, -0.25) is 9.98 Å². The number of hydrogen-bond acceptors (Lipinski definition) is 5. The topological polar surface area (TPSA) is 91.2 Å². The Balaban J connectivity index is 1.84. The first-order chi connectivity index (χ1) is 14.0. The van der Waals surface area contributed by atoms with Gasteiger partial charge in [-0.05, 0) is 55.3 Å². The SMILES string of the molecule is CC(CN=Cc1ccccc1O)(Cc1ccc(N)cc1)N=Cc1ccccc1O. The number of rotatable bonds is 7. The molecule has 0 heterocycles. The molecule has 3 rings (SSSR count). The van der Waals surface area contributed by atoms with Gasteiger partial charge >= 0.3 is 0 Å². The van der Waals surface area contributed by atoms with Crippen LogP contribution in [0.5, 0.6) is 11.5 Å². The molecule has 0 aromatic heterocycles. The van der Waals surface area contributed by atoms with Crippen molar-refractivity contribution < 1.29 is 10.2 Å². The van der Waals surface area contributed by atoms with Crippen LogP contribution in [-0.2, 0) is 6.42 Å². The van der Waals surface area contributed by atoms with E-state index in [9.17, 15) is 10.2 Å². The molecule has 3 aromatic carbocycles. The van der Waals surface area contributed by atoms with Crippen LogP contribution in [0.25, 0.3) is 0 Å². The summed E-state index contributed by atoms with van der Waals surface area (Å²) in [5.41, 5.74) is 8.37. The van der Waals surface area contributed by atoms with Crippen molar-refractivity contribution in [2.75, 3.05) is 12.3 Å². The van der Waals surface area contributed by atoms with Gasteiger partial charge in [-0.2, -0.15) is 0 Å². The fourth-order valence-electron chi connectivity index (χ4n) is 2.98. The Morgan fingerprint density at radius 3 is 1.97 bits per heavy atom. The molecule has 0 aliphatic heterocycles. The summed E-state index contributed by atoms with van der Waals surface area (Å²) in [7, 11) is 0. The second kappa shape index (κ2) is 9.06. The van der Waals surface area contributed by atoms with Gasteiger partial charge in [-0.1, -0.05) is 36.4 Å². The van der Waals surface area contributed by atoms with Crippen molar-refractivity contribution in [3.8, 4) is 11.5 Å². The molecule has 0 saturated carbocycles. The Bertz CT molecular complexity index is 1010. The average Bonchev–Trinajstić information content (AvgIpc) is 2.71. The monoisotopic (exact) mass is 387 g/mol. The summed E-state index contributed by atoms with van der Waals surface area (Å²) in [4.78, 5) is 9.30. The molecular weight excluding hydrogens is 362 g/mol. The van der Waals surface area contributed by atoms with Gasteiger partial charge in [0.2, 0.25) is 0 Å². The summed E-state index contributed by atoms with van der Waals surface area (Å²) in [6.07, 6.45) is 3.99. The Morgan fingerprint density at radius 1 is 0.828 bits per heavy atom. The van der Waals surface area contributed by atoms with E-state index < -0.39 is 5.54 Å². The van der Waals surface area contributed by atoms with E-state index in [1.807, 2.05) is 49.4 Å². The molecule has 0 saturated heterocycles. The van der Waals surface area contributed by atoms with Crippen LogP contribution in [0, 0.1) is 0 Å². The number of para-hydroxylation sites is 2. The minimum Gasteiger partial charge on any atom is -0.507 e. The quantitative estimate of drug-likeness (QED) is 0.419. The smallest absolute Gasteiger partial charge is 0.124 e. The third-order valence-corrected chi connectivity index (χ3v) is 4.62. The van der Waals surface area contributed by atoms with Gasteiger partial charge in [-0.15, -0.1) is 0 Å². The molecule has 0 bridgehead atoms. The summed E-state index contributed by atoms with van der Waals surface area (Å²) in [6.45, 7) is 2.43. The normalized spacial score (nSPS) is 13.7. The highest BCUT2D eigenvalue weighted by Gasteiger charge is 2.23. The molecule has 29 heavy (non-hydrogen) atoms. The Labute approximate surface area is 170 Å². The van der Waals surface area contributed by atoms with Crippen molar-refractivity contribution in [3.63, 3.8) is 0 Å². The Hall–Kier alpha value is -3.60. The van der Waals surface area contributed by atoms with Crippen LogP contribution >= 0.6 is 0 Å². The van der Waals surface area contributed by atoms with Crippen LogP contribution in [0.4, 0.5) is 5.69 Å². The minimum absolute atomic E-state index is 0.184.